The standard InChI is InChI=1S/C17H14Br2ClN3O3S/c1-9-2-3-10(6-12(9)19)16(25)21-17(27)23-22-15(24)8-26-14-5-4-11(18)7-13(14)20/h2-7H,8H2,1H3,(H,22,24)(H2,21,23,25,27). The summed E-state index contributed by atoms with van der Waals surface area (Å²) in [5, 5.41) is 2.79. The molecule has 6 nitrogen and oxygen atoms in total. The molecule has 2 aromatic carbocycles. The predicted octanol–water partition coefficient (Wildman–Crippen LogP) is 3.89. The zero-order chi connectivity index (χ0) is 20.0. The maximum Gasteiger partial charge on any atom is 0.276 e. The Balaban J connectivity index is 1.78. The van der Waals surface area contributed by atoms with Gasteiger partial charge in [0.15, 0.2) is 11.7 Å². The number of hydrogen-bond donors (Lipinski definition) is 3. The van der Waals surface area contributed by atoms with Crippen molar-refractivity contribution in [3.05, 3.63) is 61.5 Å². The number of rotatable bonds is 4. The van der Waals surface area contributed by atoms with Crippen molar-refractivity contribution in [1.29, 1.82) is 0 Å². The van der Waals surface area contributed by atoms with Crippen LogP contribution in [-0.2, 0) is 4.79 Å². The number of benzene rings is 2. The van der Waals surface area contributed by atoms with Gasteiger partial charge in [0.2, 0.25) is 0 Å². The van der Waals surface area contributed by atoms with E-state index in [0.717, 1.165) is 14.5 Å². The molecule has 10 heteroatoms. The first-order chi connectivity index (χ1) is 12.8. The largest absolute Gasteiger partial charge is 0.482 e. The van der Waals surface area contributed by atoms with Crippen LogP contribution in [0.1, 0.15) is 15.9 Å². The first kappa shape index (κ1) is 21.6. The second kappa shape index (κ2) is 10.0. The zero-order valence-electron chi connectivity index (χ0n) is 13.9. The third-order valence-corrected chi connectivity index (χ3v) is 5.08. The van der Waals surface area contributed by atoms with Gasteiger partial charge >= 0.3 is 0 Å². The molecule has 2 aromatic rings. The van der Waals surface area contributed by atoms with Crippen LogP contribution in [0.2, 0.25) is 5.02 Å². The molecule has 0 fully saturated rings. The first-order valence-corrected chi connectivity index (χ1v) is 9.87. The Morgan fingerprint density at radius 1 is 1.15 bits per heavy atom. The van der Waals surface area contributed by atoms with Crippen LogP contribution < -0.4 is 20.9 Å². The van der Waals surface area contributed by atoms with Gasteiger partial charge in [0.1, 0.15) is 5.75 Å². The van der Waals surface area contributed by atoms with Crippen molar-refractivity contribution in [2.75, 3.05) is 6.61 Å². The van der Waals surface area contributed by atoms with E-state index in [1.165, 1.54) is 0 Å². The average molecular weight is 536 g/mol. The van der Waals surface area contributed by atoms with E-state index < -0.39 is 11.8 Å². The zero-order valence-corrected chi connectivity index (χ0v) is 18.7. The van der Waals surface area contributed by atoms with Crippen molar-refractivity contribution in [2.45, 2.75) is 6.92 Å². The Hall–Kier alpha value is -1.68. The van der Waals surface area contributed by atoms with Gasteiger partial charge in [-0.1, -0.05) is 49.5 Å². The summed E-state index contributed by atoms with van der Waals surface area (Å²) in [4.78, 5) is 23.9. The fourth-order valence-corrected chi connectivity index (χ4v) is 3.09. The van der Waals surface area contributed by atoms with Crippen LogP contribution in [0.3, 0.4) is 0 Å². The van der Waals surface area contributed by atoms with Crippen molar-refractivity contribution in [3.8, 4) is 5.75 Å². The summed E-state index contributed by atoms with van der Waals surface area (Å²) in [6.45, 7) is 1.63. The predicted molar refractivity (Wildman–Crippen MR) is 115 cm³/mol. The van der Waals surface area contributed by atoms with Gasteiger partial charge in [-0.05, 0) is 55.0 Å². The third kappa shape index (κ3) is 6.76. The molecule has 2 rings (SSSR count). The molecular weight excluding hydrogens is 522 g/mol. The second-order valence-corrected chi connectivity index (χ2v) is 7.87. The van der Waals surface area contributed by atoms with Gasteiger partial charge in [-0.15, -0.1) is 0 Å². The Bertz CT molecular complexity index is 896. The van der Waals surface area contributed by atoms with E-state index in [1.54, 1.807) is 30.3 Å². The number of hydrogen-bond acceptors (Lipinski definition) is 4. The van der Waals surface area contributed by atoms with E-state index in [4.69, 9.17) is 28.6 Å². The first-order valence-electron chi connectivity index (χ1n) is 7.50. The summed E-state index contributed by atoms with van der Waals surface area (Å²) in [5.41, 5.74) is 6.20. The second-order valence-electron chi connectivity index (χ2n) is 5.28. The summed E-state index contributed by atoms with van der Waals surface area (Å²) in [6, 6.07) is 10.2. The van der Waals surface area contributed by atoms with Gasteiger partial charge < -0.3 is 4.74 Å². The third-order valence-electron chi connectivity index (χ3n) is 3.23. The van der Waals surface area contributed by atoms with Crippen LogP contribution in [0.4, 0.5) is 0 Å². The molecule has 142 valence electrons. The molecule has 0 saturated heterocycles. The maximum atomic E-state index is 12.1. The van der Waals surface area contributed by atoms with E-state index in [1.807, 2.05) is 13.0 Å². The highest BCUT2D eigenvalue weighted by Crippen LogP contribution is 2.27. The van der Waals surface area contributed by atoms with Crippen LogP contribution in [0.5, 0.6) is 5.75 Å². The van der Waals surface area contributed by atoms with Gasteiger partial charge in [-0.25, -0.2) is 0 Å². The van der Waals surface area contributed by atoms with E-state index in [-0.39, 0.29) is 11.7 Å². The lowest BCUT2D eigenvalue weighted by Gasteiger charge is -2.12. The molecule has 0 saturated carbocycles. The number of ether oxygens (including phenoxy) is 1. The number of thiocarbonyl (C=S) groups is 1. The fraction of sp³-hybridized carbons (Fsp3) is 0.118. The molecule has 0 spiro atoms. The quantitative estimate of drug-likeness (QED) is 0.409. The van der Waals surface area contributed by atoms with E-state index in [9.17, 15) is 9.59 Å². The van der Waals surface area contributed by atoms with E-state index in [2.05, 4.69) is 48.0 Å². The molecule has 0 atom stereocenters. The average Bonchev–Trinajstić information content (AvgIpc) is 2.61. The van der Waals surface area contributed by atoms with Crippen LogP contribution in [0.15, 0.2) is 45.3 Å². The molecule has 0 aliphatic rings. The molecule has 0 unspecified atom stereocenters. The molecule has 0 aromatic heterocycles. The summed E-state index contributed by atoms with van der Waals surface area (Å²) in [6.07, 6.45) is 0. The van der Waals surface area contributed by atoms with Crippen LogP contribution in [-0.4, -0.2) is 23.5 Å². The van der Waals surface area contributed by atoms with Gasteiger partial charge in [-0.2, -0.15) is 0 Å². The highest BCUT2D eigenvalue weighted by Gasteiger charge is 2.11. The summed E-state index contributed by atoms with van der Waals surface area (Å²) in [7, 11) is 0. The number of amides is 2. The van der Waals surface area contributed by atoms with Gasteiger partial charge in [0.05, 0.1) is 5.02 Å². The lowest BCUT2D eigenvalue weighted by atomic mass is 10.1. The number of hydrazine groups is 1. The maximum absolute atomic E-state index is 12.1. The number of carbonyl (C=O) groups is 2. The summed E-state index contributed by atoms with van der Waals surface area (Å²) >= 11 is 17.6. The molecule has 0 heterocycles. The van der Waals surface area contributed by atoms with Gasteiger partial charge in [0.25, 0.3) is 11.8 Å². The Labute approximate surface area is 183 Å². The van der Waals surface area contributed by atoms with E-state index >= 15 is 0 Å². The molecule has 0 aliphatic carbocycles. The van der Waals surface area contributed by atoms with Gasteiger partial charge in [-0.3, -0.25) is 25.8 Å². The van der Waals surface area contributed by atoms with E-state index in [0.29, 0.717) is 16.3 Å². The summed E-state index contributed by atoms with van der Waals surface area (Å²) in [5.74, 6) is -0.528. The van der Waals surface area contributed by atoms with Crippen LogP contribution in [0.25, 0.3) is 0 Å². The number of aryl methyl sites for hydroxylation is 1. The van der Waals surface area contributed by atoms with Crippen molar-refractivity contribution in [2.24, 2.45) is 0 Å². The van der Waals surface area contributed by atoms with Crippen LogP contribution >= 0.6 is 55.7 Å². The molecule has 0 aliphatic heterocycles. The lowest BCUT2D eigenvalue weighted by Crippen LogP contribution is -2.49. The fourth-order valence-electron chi connectivity index (χ4n) is 1.84. The molecule has 0 radical (unpaired) electrons. The lowest BCUT2D eigenvalue weighted by molar-refractivity contribution is -0.123. The highest BCUT2D eigenvalue weighted by molar-refractivity contribution is 9.10. The smallest absolute Gasteiger partial charge is 0.276 e. The summed E-state index contributed by atoms with van der Waals surface area (Å²) < 4.78 is 6.93. The van der Waals surface area contributed by atoms with Crippen LogP contribution in [0, 0.1) is 6.92 Å². The monoisotopic (exact) mass is 533 g/mol. The highest BCUT2D eigenvalue weighted by atomic mass is 79.9. The van der Waals surface area contributed by atoms with Gasteiger partial charge in [0, 0.05) is 14.5 Å². The van der Waals surface area contributed by atoms with Crippen molar-refractivity contribution in [1.82, 2.24) is 16.2 Å². The number of carbonyl (C=O) groups excluding carboxylic acids is 2. The normalized spacial score (nSPS) is 10.1. The molecule has 3 N–H and O–H groups in total. The number of halogens is 3. The van der Waals surface area contributed by atoms with Crippen molar-refractivity contribution >= 4 is 72.6 Å². The SMILES string of the molecule is Cc1ccc(C(=O)NC(=S)NNC(=O)COc2ccc(Br)cc2Cl)cc1Br. The topological polar surface area (TPSA) is 79.5 Å². The number of nitrogens with one attached hydrogen (secondary N) is 3. The minimum absolute atomic E-state index is 0.0493. The molecule has 27 heavy (non-hydrogen) atoms. The molecular formula is C17H14Br2ClN3O3S. The van der Waals surface area contributed by atoms with Crippen molar-refractivity contribution < 1.29 is 14.3 Å². The minimum Gasteiger partial charge on any atom is -0.482 e. The Kier molecular flexibility index (Phi) is 8.03. The Morgan fingerprint density at radius 2 is 1.89 bits per heavy atom. The molecule has 0 bridgehead atoms. The molecule has 2 amide bonds. The minimum atomic E-state index is -0.497. The Morgan fingerprint density at radius 3 is 2.56 bits per heavy atom. The van der Waals surface area contributed by atoms with Crippen molar-refractivity contribution in [3.63, 3.8) is 0 Å².